The van der Waals surface area contributed by atoms with Crippen LogP contribution in [-0.2, 0) is 0 Å². The standard InChI is InChI=1S/C21H19N3O2S/c1-2-3-13-26-17-12-8-7-11-16(17)14-18-20(25)24-21(27-18)22-19(23-24)15-9-5-4-6-10-15/h4-12,14H,2-3,13H2,1H3. The number of thiazole rings is 1. The lowest BCUT2D eigenvalue weighted by molar-refractivity contribution is 0.309. The van der Waals surface area contributed by atoms with E-state index in [0.29, 0.717) is 21.9 Å². The maximum atomic E-state index is 12.7. The normalized spacial score (nSPS) is 12.0. The van der Waals surface area contributed by atoms with E-state index < -0.39 is 0 Å². The number of hydrogen-bond donors (Lipinski definition) is 0. The van der Waals surface area contributed by atoms with Crippen LogP contribution in [0.3, 0.4) is 0 Å². The van der Waals surface area contributed by atoms with Crippen molar-refractivity contribution in [2.24, 2.45) is 0 Å². The third kappa shape index (κ3) is 3.61. The van der Waals surface area contributed by atoms with Crippen LogP contribution in [0.25, 0.3) is 22.4 Å². The van der Waals surface area contributed by atoms with E-state index in [1.54, 1.807) is 0 Å². The highest BCUT2D eigenvalue weighted by Crippen LogP contribution is 2.20. The van der Waals surface area contributed by atoms with Gasteiger partial charge < -0.3 is 4.74 Å². The summed E-state index contributed by atoms with van der Waals surface area (Å²) in [6.45, 7) is 2.80. The molecule has 5 nitrogen and oxygen atoms in total. The highest BCUT2D eigenvalue weighted by molar-refractivity contribution is 7.15. The van der Waals surface area contributed by atoms with Crippen molar-refractivity contribution in [1.29, 1.82) is 0 Å². The molecule has 0 saturated carbocycles. The first-order chi connectivity index (χ1) is 13.3. The van der Waals surface area contributed by atoms with Crippen molar-refractivity contribution in [1.82, 2.24) is 14.6 Å². The molecule has 0 unspecified atom stereocenters. The Balaban J connectivity index is 1.72. The highest BCUT2D eigenvalue weighted by Gasteiger charge is 2.12. The Hall–Kier alpha value is -2.99. The molecule has 27 heavy (non-hydrogen) atoms. The lowest BCUT2D eigenvalue weighted by atomic mass is 10.2. The molecule has 136 valence electrons. The van der Waals surface area contributed by atoms with Crippen LogP contribution in [0, 0.1) is 0 Å². The second-order valence-electron chi connectivity index (χ2n) is 6.15. The van der Waals surface area contributed by atoms with Crippen LogP contribution >= 0.6 is 11.3 Å². The van der Waals surface area contributed by atoms with Gasteiger partial charge in [0, 0.05) is 11.1 Å². The summed E-state index contributed by atoms with van der Waals surface area (Å²) in [6, 6.07) is 17.4. The van der Waals surface area contributed by atoms with Crippen molar-refractivity contribution in [2.75, 3.05) is 6.61 Å². The van der Waals surface area contributed by atoms with Crippen LogP contribution < -0.4 is 14.8 Å². The SMILES string of the molecule is CCCCOc1ccccc1C=c1sc2nc(-c3ccccc3)nn2c1=O. The van der Waals surface area contributed by atoms with Gasteiger partial charge >= 0.3 is 0 Å². The van der Waals surface area contributed by atoms with Gasteiger partial charge in [-0.1, -0.05) is 73.2 Å². The summed E-state index contributed by atoms with van der Waals surface area (Å²) in [4.78, 5) is 17.8. The molecule has 2 aromatic carbocycles. The van der Waals surface area contributed by atoms with Crippen LogP contribution in [0.4, 0.5) is 0 Å². The minimum Gasteiger partial charge on any atom is -0.493 e. The van der Waals surface area contributed by atoms with E-state index in [-0.39, 0.29) is 5.56 Å². The van der Waals surface area contributed by atoms with Gasteiger partial charge in [0.05, 0.1) is 11.1 Å². The monoisotopic (exact) mass is 377 g/mol. The zero-order valence-electron chi connectivity index (χ0n) is 15.0. The average molecular weight is 377 g/mol. The van der Waals surface area contributed by atoms with E-state index in [1.165, 1.54) is 15.9 Å². The maximum absolute atomic E-state index is 12.7. The van der Waals surface area contributed by atoms with Crippen molar-refractivity contribution in [2.45, 2.75) is 19.8 Å². The second kappa shape index (κ2) is 7.72. The maximum Gasteiger partial charge on any atom is 0.291 e. The highest BCUT2D eigenvalue weighted by atomic mass is 32.1. The molecular formula is C21H19N3O2S. The molecule has 2 aromatic heterocycles. The summed E-state index contributed by atoms with van der Waals surface area (Å²) in [5.74, 6) is 1.35. The van der Waals surface area contributed by atoms with Crippen molar-refractivity contribution >= 4 is 22.4 Å². The van der Waals surface area contributed by atoms with E-state index in [9.17, 15) is 4.79 Å². The minimum absolute atomic E-state index is 0.159. The van der Waals surface area contributed by atoms with Crippen LogP contribution in [0.15, 0.2) is 59.4 Å². The van der Waals surface area contributed by atoms with Gasteiger partial charge in [0.1, 0.15) is 5.75 Å². The predicted octanol–water partition coefficient (Wildman–Crippen LogP) is 3.54. The first-order valence-electron chi connectivity index (χ1n) is 8.95. The van der Waals surface area contributed by atoms with Gasteiger partial charge in [-0.25, -0.2) is 0 Å². The smallest absolute Gasteiger partial charge is 0.291 e. The van der Waals surface area contributed by atoms with Gasteiger partial charge in [0.15, 0.2) is 5.82 Å². The predicted molar refractivity (Wildman–Crippen MR) is 108 cm³/mol. The molecule has 0 aliphatic carbocycles. The molecule has 0 aliphatic rings. The Morgan fingerprint density at radius 1 is 1.11 bits per heavy atom. The number of para-hydroxylation sites is 1. The molecule has 0 bridgehead atoms. The lowest BCUT2D eigenvalue weighted by Crippen LogP contribution is -2.23. The summed E-state index contributed by atoms with van der Waals surface area (Å²) in [5.41, 5.74) is 1.62. The van der Waals surface area contributed by atoms with Gasteiger partial charge in [-0.05, 0) is 18.6 Å². The van der Waals surface area contributed by atoms with E-state index in [2.05, 4.69) is 17.0 Å². The van der Waals surface area contributed by atoms with Crippen LogP contribution in [-0.4, -0.2) is 21.2 Å². The first kappa shape index (κ1) is 17.4. The Labute approximate surface area is 160 Å². The molecule has 0 atom stereocenters. The lowest BCUT2D eigenvalue weighted by Gasteiger charge is -2.07. The summed E-state index contributed by atoms with van der Waals surface area (Å²) in [6.07, 6.45) is 3.93. The fourth-order valence-electron chi connectivity index (χ4n) is 2.74. The minimum atomic E-state index is -0.159. The third-order valence-corrected chi connectivity index (χ3v) is 5.13. The van der Waals surface area contributed by atoms with Gasteiger partial charge in [-0.3, -0.25) is 4.79 Å². The molecule has 4 aromatic rings. The summed E-state index contributed by atoms with van der Waals surface area (Å²) in [5, 5.41) is 4.38. The van der Waals surface area contributed by atoms with Crippen molar-refractivity contribution in [3.05, 3.63) is 75.0 Å². The Bertz CT molecular complexity index is 1170. The van der Waals surface area contributed by atoms with Crippen molar-refractivity contribution < 1.29 is 4.74 Å². The number of fused-ring (bicyclic) bond motifs is 1. The topological polar surface area (TPSA) is 56.5 Å². The largest absolute Gasteiger partial charge is 0.493 e. The van der Waals surface area contributed by atoms with Gasteiger partial charge in [-0.2, -0.15) is 9.50 Å². The molecule has 0 aliphatic heterocycles. The van der Waals surface area contributed by atoms with Crippen molar-refractivity contribution in [3.63, 3.8) is 0 Å². The fourth-order valence-corrected chi connectivity index (χ4v) is 3.64. The van der Waals surface area contributed by atoms with E-state index in [0.717, 1.165) is 29.7 Å². The quantitative estimate of drug-likeness (QED) is 0.482. The van der Waals surface area contributed by atoms with Crippen LogP contribution in [0.2, 0.25) is 0 Å². The summed E-state index contributed by atoms with van der Waals surface area (Å²) < 4.78 is 7.82. The third-order valence-electron chi connectivity index (χ3n) is 4.17. The number of benzene rings is 2. The number of hydrogen-bond acceptors (Lipinski definition) is 5. The Morgan fingerprint density at radius 2 is 1.89 bits per heavy atom. The number of ether oxygens (including phenoxy) is 1. The van der Waals surface area contributed by atoms with Crippen LogP contribution in [0.5, 0.6) is 5.75 Å². The van der Waals surface area contributed by atoms with Crippen LogP contribution in [0.1, 0.15) is 25.3 Å². The molecule has 0 radical (unpaired) electrons. The molecule has 6 heteroatoms. The van der Waals surface area contributed by atoms with E-state index in [1.807, 2.05) is 60.7 Å². The van der Waals surface area contributed by atoms with Crippen molar-refractivity contribution in [3.8, 4) is 17.1 Å². The summed E-state index contributed by atoms with van der Waals surface area (Å²) in [7, 11) is 0. The van der Waals surface area contributed by atoms with Gasteiger partial charge in [0.25, 0.3) is 5.56 Å². The number of rotatable bonds is 6. The molecule has 0 N–H and O–H groups in total. The van der Waals surface area contributed by atoms with Gasteiger partial charge in [-0.15, -0.1) is 5.10 Å². The molecule has 0 saturated heterocycles. The first-order valence-corrected chi connectivity index (χ1v) is 9.76. The second-order valence-corrected chi connectivity index (χ2v) is 7.16. The Kier molecular flexibility index (Phi) is 4.98. The fraction of sp³-hybridized carbons (Fsp3) is 0.190. The molecule has 0 fully saturated rings. The van der Waals surface area contributed by atoms with E-state index >= 15 is 0 Å². The zero-order valence-corrected chi connectivity index (χ0v) is 15.8. The number of unbranched alkanes of at least 4 members (excludes halogenated alkanes) is 1. The molecule has 0 spiro atoms. The number of aromatic nitrogens is 3. The zero-order chi connectivity index (χ0) is 18.6. The molecule has 0 amide bonds. The molecule has 2 heterocycles. The Morgan fingerprint density at radius 3 is 2.67 bits per heavy atom. The molecular weight excluding hydrogens is 358 g/mol. The molecule has 4 rings (SSSR count). The van der Waals surface area contributed by atoms with E-state index in [4.69, 9.17) is 4.74 Å². The number of nitrogens with zero attached hydrogens (tertiary/aromatic N) is 3. The van der Waals surface area contributed by atoms with Gasteiger partial charge in [0.2, 0.25) is 4.96 Å². The average Bonchev–Trinajstić information content (AvgIpc) is 3.24. The summed E-state index contributed by atoms with van der Waals surface area (Å²) >= 11 is 1.34.